The van der Waals surface area contributed by atoms with Gasteiger partial charge in [0.25, 0.3) is 5.91 Å². The molecule has 0 saturated carbocycles. The Morgan fingerprint density at radius 2 is 1.88 bits per heavy atom. The Kier molecular flexibility index (Phi) is 4.33. The zero-order valence-electron chi connectivity index (χ0n) is 13.9. The minimum Gasteiger partial charge on any atom is -0.497 e. The van der Waals surface area contributed by atoms with E-state index in [1.807, 2.05) is 62.4 Å². The van der Waals surface area contributed by atoms with Crippen molar-refractivity contribution in [2.24, 2.45) is 0 Å². The van der Waals surface area contributed by atoms with Crippen molar-refractivity contribution >= 4 is 11.6 Å². The van der Waals surface area contributed by atoms with Crippen molar-refractivity contribution in [1.29, 1.82) is 0 Å². The van der Waals surface area contributed by atoms with Crippen molar-refractivity contribution in [2.75, 3.05) is 12.4 Å². The van der Waals surface area contributed by atoms with Gasteiger partial charge < -0.3 is 10.1 Å². The fourth-order valence-corrected chi connectivity index (χ4v) is 2.51. The normalized spacial score (nSPS) is 10.5. The quantitative estimate of drug-likeness (QED) is 0.796. The number of rotatable bonds is 4. The van der Waals surface area contributed by atoms with Gasteiger partial charge in [0.15, 0.2) is 5.69 Å². The third-order valence-corrected chi connectivity index (χ3v) is 3.69. The van der Waals surface area contributed by atoms with Gasteiger partial charge in [-0.15, -0.1) is 0 Å². The van der Waals surface area contributed by atoms with Crippen molar-refractivity contribution < 1.29 is 9.53 Å². The second-order valence-electron chi connectivity index (χ2n) is 5.61. The smallest absolute Gasteiger partial charge is 0.276 e. The first-order valence-corrected chi connectivity index (χ1v) is 7.66. The fraction of sp³-hybridized carbons (Fsp3) is 0.158. The molecule has 0 bridgehead atoms. The Morgan fingerprint density at radius 3 is 2.62 bits per heavy atom. The predicted molar refractivity (Wildman–Crippen MR) is 94.0 cm³/mol. The molecule has 0 unspecified atom stereocenters. The van der Waals surface area contributed by atoms with Crippen LogP contribution in [0.3, 0.4) is 0 Å². The predicted octanol–water partition coefficient (Wildman–Crippen LogP) is 3.75. The molecule has 0 radical (unpaired) electrons. The Bertz CT molecular complexity index is 884. The number of nitrogens with zero attached hydrogens (tertiary/aromatic N) is 2. The van der Waals surface area contributed by atoms with Gasteiger partial charge >= 0.3 is 0 Å². The second-order valence-corrected chi connectivity index (χ2v) is 5.61. The number of aromatic nitrogens is 2. The molecule has 0 fully saturated rings. The molecular formula is C19H19N3O2. The molecule has 2 aromatic carbocycles. The molecule has 122 valence electrons. The van der Waals surface area contributed by atoms with Crippen molar-refractivity contribution in [3.8, 4) is 11.4 Å². The van der Waals surface area contributed by atoms with E-state index in [0.717, 1.165) is 28.4 Å². The first-order valence-electron chi connectivity index (χ1n) is 7.66. The molecule has 0 aliphatic carbocycles. The molecule has 5 nitrogen and oxygen atoms in total. The van der Waals surface area contributed by atoms with E-state index in [2.05, 4.69) is 10.4 Å². The van der Waals surface area contributed by atoms with Crippen LogP contribution in [0.5, 0.6) is 5.75 Å². The van der Waals surface area contributed by atoms with Crippen LogP contribution < -0.4 is 10.1 Å². The minimum atomic E-state index is -0.231. The van der Waals surface area contributed by atoms with Gasteiger partial charge in [0.1, 0.15) is 5.75 Å². The number of carbonyl (C=O) groups excluding carboxylic acids is 1. The van der Waals surface area contributed by atoms with Crippen LogP contribution in [-0.2, 0) is 0 Å². The van der Waals surface area contributed by atoms with Gasteiger partial charge in [-0.25, -0.2) is 4.68 Å². The largest absolute Gasteiger partial charge is 0.497 e. The lowest BCUT2D eigenvalue weighted by atomic mass is 10.2. The Morgan fingerprint density at radius 1 is 1.08 bits per heavy atom. The minimum absolute atomic E-state index is 0.231. The van der Waals surface area contributed by atoms with E-state index in [-0.39, 0.29) is 5.91 Å². The molecule has 3 rings (SSSR count). The van der Waals surface area contributed by atoms with E-state index in [0.29, 0.717) is 5.69 Å². The number of amides is 1. The third-order valence-electron chi connectivity index (χ3n) is 3.69. The summed E-state index contributed by atoms with van der Waals surface area (Å²) in [6, 6.07) is 17.0. The van der Waals surface area contributed by atoms with E-state index in [9.17, 15) is 4.79 Å². The lowest BCUT2D eigenvalue weighted by molar-refractivity contribution is 0.102. The van der Waals surface area contributed by atoms with Crippen molar-refractivity contribution in [3.63, 3.8) is 0 Å². The van der Waals surface area contributed by atoms with Gasteiger partial charge in [0, 0.05) is 17.4 Å². The number of ether oxygens (including phenoxy) is 1. The lowest BCUT2D eigenvalue weighted by Gasteiger charge is -2.06. The van der Waals surface area contributed by atoms with Crippen LogP contribution in [0.25, 0.3) is 5.69 Å². The van der Waals surface area contributed by atoms with E-state index in [4.69, 9.17) is 4.74 Å². The Hall–Kier alpha value is -3.08. The molecule has 0 aliphatic rings. The fourth-order valence-electron chi connectivity index (χ4n) is 2.51. The van der Waals surface area contributed by atoms with Crippen LogP contribution in [-0.4, -0.2) is 22.8 Å². The highest BCUT2D eigenvalue weighted by molar-refractivity contribution is 6.03. The first-order chi connectivity index (χ1) is 11.6. The molecule has 24 heavy (non-hydrogen) atoms. The summed E-state index contributed by atoms with van der Waals surface area (Å²) in [5.41, 5.74) is 3.94. The zero-order chi connectivity index (χ0) is 17.1. The zero-order valence-corrected chi connectivity index (χ0v) is 13.9. The summed E-state index contributed by atoms with van der Waals surface area (Å²) >= 11 is 0. The molecule has 1 heterocycles. The van der Waals surface area contributed by atoms with Crippen LogP contribution in [0, 0.1) is 13.8 Å². The van der Waals surface area contributed by atoms with Gasteiger partial charge in [-0.3, -0.25) is 4.79 Å². The monoisotopic (exact) mass is 321 g/mol. The number of hydrogen-bond donors (Lipinski definition) is 1. The highest BCUT2D eigenvalue weighted by Crippen LogP contribution is 2.19. The third kappa shape index (κ3) is 3.30. The molecule has 0 saturated heterocycles. The summed E-state index contributed by atoms with van der Waals surface area (Å²) in [4.78, 5) is 12.4. The standard InChI is InChI=1S/C19H19N3O2/c1-13-6-4-7-15(10-13)20-19(23)18-11-14(2)22(21-18)16-8-5-9-17(12-16)24-3/h4-12H,1-3H3,(H,20,23). The SMILES string of the molecule is COc1cccc(-n2nc(C(=O)Nc3cccc(C)c3)cc2C)c1. The van der Waals surface area contributed by atoms with E-state index < -0.39 is 0 Å². The van der Waals surface area contributed by atoms with Crippen LogP contribution in [0.1, 0.15) is 21.7 Å². The molecule has 0 aliphatic heterocycles. The maximum absolute atomic E-state index is 12.4. The molecular weight excluding hydrogens is 302 g/mol. The molecule has 0 atom stereocenters. The number of nitrogens with one attached hydrogen (secondary N) is 1. The number of hydrogen-bond acceptors (Lipinski definition) is 3. The van der Waals surface area contributed by atoms with Gasteiger partial charge in [-0.2, -0.15) is 5.10 Å². The highest BCUT2D eigenvalue weighted by atomic mass is 16.5. The number of anilines is 1. The number of aryl methyl sites for hydroxylation is 2. The van der Waals surface area contributed by atoms with E-state index in [1.54, 1.807) is 17.9 Å². The van der Waals surface area contributed by atoms with Crippen molar-refractivity contribution in [2.45, 2.75) is 13.8 Å². The molecule has 1 amide bonds. The second kappa shape index (κ2) is 6.58. The Balaban J connectivity index is 1.86. The topological polar surface area (TPSA) is 56.2 Å². The van der Waals surface area contributed by atoms with Gasteiger partial charge in [-0.05, 0) is 49.7 Å². The van der Waals surface area contributed by atoms with Crippen LogP contribution in [0.2, 0.25) is 0 Å². The average Bonchev–Trinajstić information content (AvgIpc) is 2.97. The maximum Gasteiger partial charge on any atom is 0.276 e. The van der Waals surface area contributed by atoms with Crippen LogP contribution in [0.4, 0.5) is 5.69 Å². The summed E-state index contributed by atoms with van der Waals surface area (Å²) in [7, 11) is 1.62. The molecule has 3 aromatic rings. The van der Waals surface area contributed by atoms with Crippen molar-refractivity contribution in [1.82, 2.24) is 9.78 Å². The van der Waals surface area contributed by atoms with Gasteiger partial charge in [0.2, 0.25) is 0 Å². The Labute approximate surface area is 140 Å². The summed E-state index contributed by atoms with van der Waals surface area (Å²) in [5, 5.41) is 7.30. The summed E-state index contributed by atoms with van der Waals surface area (Å²) in [6.45, 7) is 3.90. The van der Waals surface area contributed by atoms with Gasteiger partial charge in [-0.1, -0.05) is 18.2 Å². The number of carbonyl (C=O) groups is 1. The molecule has 1 N–H and O–H groups in total. The van der Waals surface area contributed by atoms with Gasteiger partial charge in [0.05, 0.1) is 12.8 Å². The molecule has 1 aromatic heterocycles. The van der Waals surface area contributed by atoms with E-state index >= 15 is 0 Å². The maximum atomic E-state index is 12.4. The van der Waals surface area contributed by atoms with Crippen LogP contribution in [0.15, 0.2) is 54.6 Å². The van der Waals surface area contributed by atoms with E-state index in [1.165, 1.54) is 0 Å². The first kappa shape index (κ1) is 15.8. The summed E-state index contributed by atoms with van der Waals surface area (Å²) in [6.07, 6.45) is 0. The summed E-state index contributed by atoms with van der Waals surface area (Å²) in [5.74, 6) is 0.513. The number of benzene rings is 2. The lowest BCUT2D eigenvalue weighted by Crippen LogP contribution is -2.13. The number of methoxy groups -OCH3 is 1. The van der Waals surface area contributed by atoms with Crippen molar-refractivity contribution in [3.05, 3.63) is 71.5 Å². The average molecular weight is 321 g/mol. The highest BCUT2D eigenvalue weighted by Gasteiger charge is 2.14. The molecule has 0 spiro atoms. The van der Waals surface area contributed by atoms with Crippen LogP contribution >= 0.6 is 0 Å². The summed E-state index contributed by atoms with van der Waals surface area (Å²) < 4.78 is 6.97. The molecule has 5 heteroatoms.